The Kier molecular flexibility index (Phi) is 8.30. The summed E-state index contributed by atoms with van der Waals surface area (Å²) in [5.41, 5.74) is 1.23. The number of carbonyl (C=O) groups excluding carboxylic acids is 3. The minimum atomic E-state index is -0.845. The Balaban J connectivity index is 1.69. The van der Waals surface area contributed by atoms with Gasteiger partial charge in [0.25, 0.3) is 5.91 Å². The summed E-state index contributed by atoms with van der Waals surface area (Å²) >= 11 is 0. The maximum Gasteiger partial charge on any atom is 0.306 e. The molecule has 0 spiro atoms. The van der Waals surface area contributed by atoms with Gasteiger partial charge < -0.3 is 15.4 Å². The Morgan fingerprint density at radius 1 is 1.04 bits per heavy atom. The van der Waals surface area contributed by atoms with E-state index in [0.717, 1.165) is 18.8 Å². The average Bonchev–Trinajstić information content (AvgIpc) is 2.63. The molecule has 0 heterocycles. The highest BCUT2D eigenvalue weighted by atomic mass is 16.5. The molecule has 27 heavy (non-hydrogen) atoms. The smallest absolute Gasteiger partial charge is 0.306 e. The third-order valence-corrected chi connectivity index (χ3v) is 4.87. The van der Waals surface area contributed by atoms with E-state index in [1.807, 2.05) is 0 Å². The molecule has 1 aromatic rings. The second-order valence-electron chi connectivity index (χ2n) is 7.28. The zero-order valence-corrected chi connectivity index (χ0v) is 16.3. The van der Waals surface area contributed by atoms with Gasteiger partial charge in [-0.25, -0.2) is 0 Å². The largest absolute Gasteiger partial charge is 0.453 e. The van der Waals surface area contributed by atoms with Crippen LogP contribution in [0.15, 0.2) is 24.3 Å². The second kappa shape index (κ2) is 10.7. The van der Waals surface area contributed by atoms with Gasteiger partial charge in [-0.3, -0.25) is 14.4 Å². The third-order valence-electron chi connectivity index (χ3n) is 4.87. The van der Waals surface area contributed by atoms with Crippen LogP contribution in [-0.4, -0.2) is 23.9 Å². The normalized spacial score (nSPS) is 15.6. The van der Waals surface area contributed by atoms with Crippen LogP contribution in [0.1, 0.15) is 65.2 Å². The quantitative estimate of drug-likeness (QED) is 0.666. The Hall–Kier alpha value is -2.37. The topological polar surface area (TPSA) is 84.5 Å². The molecular formula is C21H30N2O4. The molecule has 1 fully saturated rings. The minimum Gasteiger partial charge on any atom is -0.453 e. The zero-order valence-electron chi connectivity index (χ0n) is 16.3. The summed E-state index contributed by atoms with van der Waals surface area (Å²) in [4.78, 5) is 35.1. The van der Waals surface area contributed by atoms with Crippen molar-refractivity contribution in [3.05, 3.63) is 24.3 Å². The SMILES string of the molecule is CC(=O)Nc1ccc(NC(=O)[C@@H](C)OC(=O)CCCC2CCCCC2)cc1. The Bertz CT molecular complexity index is 636. The number of hydrogen-bond donors (Lipinski definition) is 2. The molecule has 6 heteroatoms. The zero-order chi connectivity index (χ0) is 19.6. The second-order valence-corrected chi connectivity index (χ2v) is 7.28. The summed E-state index contributed by atoms with van der Waals surface area (Å²) in [5.74, 6) is -0.110. The van der Waals surface area contributed by atoms with Gasteiger partial charge in [0.05, 0.1) is 0 Å². The highest BCUT2D eigenvalue weighted by molar-refractivity contribution is 5.95. The molecular weight excluding hydrogens is 344 g/mol. The fraction of sp³-hybridized carbons (Fsp3) is 0.571. The standard InChI is InChI=1S/C21H30N2O4/c1-15(27-20(25)10-6-9-17-7-4-3-5-8-17)21(26)23-19-13-11-18(12-14-19)22-16(2)24/h11-15,17H,3-10H2,1-2H3,(H,22,24)(H,23,26)/t15-/m1/s1. The van der Waals surface area contributed by atoms with Crippen molar-refractivity contribution in [3.63, 3.8) is 0 Å². The maximum atomic E-state index is 12.2. The Labute approximate surface area is 161 Å². The van der Waals surface area contributed by atoms with Gasteiger partial charge in [-0.15, -0.1) is 0 Å². The summed E-state index contributed by atoms with van der Waals surface area (Å²) in [5, 5.41) is 5.36. The fourth-order valence-corrected chi connectivity index (χ4v) is 3.40. The molecule has 0 aromatic heterocycles. The highest BCUT2D eigenvalue weighted by Crippen LogP contribution is 2.27. The molecule has 1 aromatic carbocycles. The van der Waals surface area contributed by atoms with Crippen LogP contribution >= 0.6 is 0 Å². The van der Waals surface area contributed by atoms with Crippen LogP contribution in [0.4, 0.5) is 11.4 Å². The van der Waals surface area contributed by atoms with E-state index in [2.05, 4.69) is 10.6 Å². The number of hydrogen-bond acceptors (Lipinski definition) is 4. The maximum absolute atomic E-state index is 12.2. The van der Waals surface area contributed by atoms with E-state index in [1.54, 1.807) is 31.2 Å². The monoisotopic (exact) mass is 374 g/mol. The van der Waals surface area contributed by atoms with Crippen LogP contribution in [0.5, 0.6) is 0 Å². The predicted octanol–water partition coefficient (Wildman–Crippen LogP) is 4.27. The van der Waals surface area contributed by atoms with Gasteiger partial charge in [0.2, 0.25) is 5.91 Å². The molecule has 0 saturated heterocycles. The first kappa shape index (κ1) is 20.9. The van der Waals surface area contributed by atoms with E-state index in [1.165, 1.54) is 39.0 Å². The summed E-state index contributed by atoms with van der Waals surface area (Å²) in [7, 11) is 0. The lowest BCUT2D eigenvalue weighted by Crippen LogP contribution is -2.29. The van der Waals surface area contributed by atoms with Crippen molar-refractivity contribution in [2.75, 3.05) is 10.6 Å². The molecule has 6 nitrogen and oxygen atoms in total. The number of benzene rings is 1. The van der Waals surface area contributed by atoms with Crippen molar-refractivity contribution < 1.29 is 19.1 Å². The van der Waals surface area contributed by atoms with Crippen molar-refractivity contribution in [3.8, 4) is 0 Å². The number of esters is 1. The van der Waals surface area contributed by atoms with Crippen LogP contribution in [0.25, 0.3) is 0 Å². The number of amides is 2. The lowest BCUT2D eigenvalue weighted by Gasteiger charge is -2.21. The van der Waals surface area contributed by atoms with Gasteiger partial charge >= 0.3 is 5.97 Å². The van der Waals surface area contributed by atoms with Crippen molar-refractivity contribution in [1.82, 2.24) is 0 Å². The molecule has 1 saturated carbocycles. The molecule has 0 unspecified atom stereocenters. The van der Waals surface area contributed by atoms with Gasteiger partial charge in [0.1, 0.15) is 0 Å². The Morgan fingerprint density at radius 3 is 2.22 bits per heavy atom. The van der Waals surface area contributed by atoms with Gasteiger partial charge in [-0.1, -0.05) is 32.1 Å². The van der Waals surface area contributed by atoms with Gasteiger partial charge in [0.15, 0.2) is 6.10 Å². The summed E-state index contributed by atoms with van der Waals surface area (Å²) in [6.07, 6.45) is 7.89. The van der Waals surface area contributed by atoms with Gasteiger partial charge in [-0.2, -0.15) is 0 Å². The number of anilines is 2. The first-order valence-corrected chi connectivity index (χ1v) is 9.82. The van der Waals surface area contributed by atoms with Crippen LogP contribution in [0.3, 0.4) is 0 Å². The van der Waals surface area contributed by atoms with Gasteiger partial charge in [-0.05, 0) is 49.9 Å². The molecule has 1 aliphatic carbocycles. The van der Waals surface area contributed by atoms with E-state index < -0.39 is 6.10 Å². The number of nitrogens with one attached hydrogen (secondary N) is 2. The summed E-state index contributed by atoms with van der Waals surface area (Å²) < 4.78 is 5.24. The lowest BCUT2D eigenvalue weighted by atomic mass is 9.86. The van der Waals surface area contributed by atoms with E-state index in [0.29, 0.717) is 17.8 Å². The van der Waals surface area contributed by atoms with Crippen LogP contribution < -0.4 is 10.6 Å². The van der Waals surface area contributed by atoms with Crippen LogP contribution in [0.2, 0.25) is 0 Å². The molecule has 0 bridgehead atoms. The molecule has 2 N–H and O–H groups in total. The molecule has 2 amide bonds. The molecule has 148 valence electrons. The van der Waals surface area contributed by atoms with Crippen molar-refractivity contribution in [1.29, 1.82) is 0 Å². The number of carbonyl (C=O) groups is 3. The summed E-state index contributed by atoms with van der Waals surface area (Å²) in [6, 6.07) is 6.75. The molecule has 2 rings (SSSR count). The van der Waals surface area contributed by atoms with E-state index in [4.69, 9.17) is 4.74 Å². The van der Waals surface area contributed by atoms with Crippen molar-refractivity contribution in [2.24, 2.45) is 5.92 Å². The Morgan fingerprint density at radius 2 is 1.63 bits per heavy atom. The van der Waals surface area contributed by atoms with E-state index in [9.17, 15) is 14.4 Å². The van der Waals surface area contributed by atoms with Crippen LogP contribution in [0, 0.1) is 5.92 Å². The molecule has 0 radical (unpaired) electrons. The first-order valence-electron chi connectivity index (χ1n) is 9.82. The van der Waals surface area contributed by atoms with Crippen LogP contribution in [-0.2, 0) is 19.1 Å². The predicted molar refractivity (Wildman–Crippen MR) is 105 cm³/mol. The average molecular weight is 374 g/mol. The first-order chi connectivity index (χ1) is 12.9. The van der Waals surface area contributed by atoms with E-state index in [-0.39, 0.29) is 17.8 Å². The van der Waals surface area contributed by atoms with E-state index >= 15 is 0 Å². The molecule has 1 atom stereocenters. The summed E-state index contributed by atoms with van der Waals surface area (Å²) in [6.45, 7) is 3.00. The highest BCUT2D eigenvalue weighted by Gasteiger charge is 2.19. The number of ether oxygens (including phenoxy) is 1. The van der Waals surface area contributed by atoms with Crippen molar-refractivity contribution >= 4 is 29.2 Å². The van der Waals surface area contributed by atoms with Crippen molar-refractivity contribution in [2.45, 2.75) is 71.3 Å². The lowest BCUT2D eigenvalue weighted by molar-refractivity contribution is -0.153. The molecule has 0 aliphatic heterocycles. The van der Waals surface area contributed by atoms with Gasteiger partial charge in [0, 0.05) is 24.7 Å². The number of rotatable bonds is 8. The third kappa shape index (κ3) is 7.81. The molecule has 1 aliphatic rings. The fourth-order valence-electron chi connectivity index (χ4n) is 3.40. The minimum absolute atomic E-state index is 0.157.